The molecule has 0 aromatic carbocycles. The molecule has 0 saturated carbocycles. The number of rotatable bonds is 6. The average molecular weight is 368 g/mol. The molecular weight excluding hydrogens is 344 g/mol. The van der Waals surface area contributed by atoms with Crippen LogP contribution < -0.4 is 0 Å². The Kier molecular flexibility index (Phi) is 5.96. The molecule has 0 bridgehead atoms. The third-order valence-electron chi connectivity index (χ3n) is 4.94. The van der Waals surface area contributed by atoms with Gasteiger partial charge in [0.2, 0.25) is 11.8 Å². The molecule has 0 aliphatic carbocycles. The Morgan fingerprint density at radius 3 is 2.56 bits per heavy atom. The van der Waals surface area contributed by atoms with Gasteiger partial charge in [-0.25, -0.2) is 8.78 Å². The first-order valence-electron chi connectivity index (χ1n) is 8.42. The normalized spacial score (nSPS) is 24.9. The molecule has 2 fully saturated rings. The fourth-order valence-corrected chi connectivity index (χ4v) is 3.49. The summed E-state index contributed by atoms with van der Waals surface area (Å²) in [6.07, 6.45) is -1.78. The molecule has 144 valence electrons. The van der Waals surface area contributed by atoms with Crippen LogP contribution in [0.15, 0.2) is 0 Å². The van der Waals surface area contributed by atoms with Crippen molar-refractivity contribution >= 4 is 11.8 Å². The first kappa shape index (κ1) is 19.9. The lowest BCUT2D eigenvalue weighted by atomic mass is 9.78. The molecule has 0 aromatic heterocycles. The monoisotopic (exact) mass is 368 g/mol. The highest BCUT2D eigenvalue weighted by molar-refractivity contribution is 5.86. The molecule has 9 heteroatoms. The van der Waals surface area contributed by atoms with Crippen LogP contribution in [0.1, 0.15) is 33.1 Å². The number of carbonyl (C=O) groups is 2. The Hall–Kier alpha value is -1.38. The van der Waals surface area contributed by atoms with Gasteiger partial charge in [0.05, 0.1) is 5.41 Å². The summed E-state index contributed by atoms with van der Waals surface area (Å²) in [5.41, 5.74) is -0.620. The van der Waals surface area contributed by atoms with Crippen molar-refractivity contribution in [1.29, 1.82) is 0 Å². The number of carbonyl (C=O) groups excluding carboxylic acids is 2. The summed E-state index contributed by atoms with van der Waals surface area (Å²) in [6, 6.07) is 0.0781. The Morgan fingerprint density at radius 1 is 1.28 bits per heavy atom. The van der Waals surface area contributed by atoms with Gasteiger partial charge in [0.15, 0.2) is 0 Å². The average Bonchev–Trinajstić information content (AvgIpc) is 2.94. The van der Waals surface area contributed by atoms with E-state index in [0.29, 0.717) is 25.9 Å². The van der Waals surface area contributed by atoms with Crippen molar-refractivity contribution in [3.8, 4) is 0 Å². The first-order valence-corrected chi connectivity index (χ1v) is 8.42. The largest absolute Gasteiger partial charge is 0.365 e. The van der Waals surface area contributed by atoms with Crippen molar-refractivity contribution in [2.75, 3.05) is 32.8 Å². The SMILES string of the molecule is CC(C)N1CCC[C@]2(CCN(C(=O)COCC(F)(F)C(F)F)C2)C1=O. The zero-order valence-corrected chi connectivity index (χ0v) is 14.4. The van der Waals surface area contributed by atoms with Crippen molar-refractivity contribution in [2.45, 2.75) is 51.5 Å². The van der Waals surface area contributed by atoms with Crippen molar-refractivity contribution in [1.82, 2.24) is 9.80 Å². The van der Waals surface area contributed by atoms with Crippen LogP contribution in [0.25, 0.3) is 0 Å². The smallest absolute Gasteiger partial charge is 0.330 e. The maximum atomic E-state index is 12.8. The molecule has 2 aliphatic heterocycles. The van der Waals surface area contributed by atoms with Crippen LogP contribution in [0, 0.1) is 5.41 Å². The van der Waals surface area contributed by atoms with Crippen LogP contribution in [0.4, 0.5) is 17.6 Å². The molecule has 2 heterocycles. The van der Waals surface area contributed by atoms with Gasteiger partial charge < -0.3 is 14.5 Å². The molecule has 2 rings (SSSR count). The fraction of sp³-hybridized carbons (Fsp3) is 0.875. The third kappa shape index (κ3) is 4.24. The predicted molar refractivity (Wildman–Crippen MR) is 81.5 cm³/mol. The fourth-order valence-electron chi connectivity index (χ4n) is 3.49. The van der Waals surface area contributed by atoms with Gasteiger partial charge in [-0.15, -0.1) is 0 Å². The van der Waals surface area contributed by atoms with E-state index in [1.807, 2.05) is 13.8 Å². The second kappa shape index (κ2) is 7.47. The summed E-state index contributed by atoms with van der Waals surface area (Å²) in [5, 5.41) is 0. The van der Waals surface area contributed by atoms with E-state index >= 15 is 0 Å². The minimum Gasteiger partial charge on any atom is -0.365 e. The molecule has 5 nitrogen and oxygen atoms in total. The maximum absolute atomic E-state index is 12.8. The van der Waals surface area contributed by atoms with E-state index in [-0.39, 0.29) is 18.5 Å². The van der Waals surface area contributed by atoms with E-state index in [0.717, 1.165) is 6.42 Å². The molecule has 2 amide bonds. The number of alkyl halides is 4. The number of nitrogens with zero attached hydrogens (tertiary/aromatic N) is 2. The number of halogens is 4. The predicted octanol–water partition coefficient (Wildman–Crippen LogP) is 2.15. The number of hydrogen-bond acceptors (Lipinski definition) is 3. The quantitative estimate of drug-likeness (QED) is 0.675. The topological polar surface area (TPSA) is 49.9 Å². The second-order valence-electron chi connectivity index (χ2n) is 7.10. The van der Waals surface area contributed by atoms with Gasteiger partial charge in [-0.3, -0.25) is 9.59 Å². The molecule has 2 aliphatic rings. The summed E-state index contributed by atoms with van der Waals surface area (Å²) in [7, 11) is 0. The summed E-state index contributed by atoms with van der Waals surface area (Å²) in [5.74, 6) is -4.81. The summed E-state index contributed by atoms with van der Waals surface area (Å²) < 4.78 is 54.1. The van der Waals surface area contributed by atoms with Crippen molar-refractivity contribution < 1.29 is 31.9 Å². The molecular formula is C16H24F4N2O3. The van der Waals surface area contributed by atoms with E-state index in [4.69, 9.17) is 0 Å². The zero-order chi connectivity index (χ0) is 18.8. The number of amides is 2. The molecule has 25 heavy (non-hydrogen) atoms. The Morgan fingerprint density at radius 2 is 1.96 bits per heavy atom. The van der Waals surface area contributed by atoms with E-state index < -0.39 is 36.9 Å². The van der Waals surface area contributed by atoms with Crippen LogP contribution >= 0.6 is 0 Å². The Labute approximate surface area is 144 Å². The molecule has 1 spiro atoms. The van der Waals surface area contributed by atoms with Gasteiger partial charge in [-0.1, -0.05) is 0 Å². The van der Waals surface area contributed by atoms with E-state index in [9.17, 15) is 27.2 Å². The summed E-state index contributed by atoms with van der Waals surface area (Å²) in [6.45, 7) is 2.93. The minimum absolute atomic E-state index is 0.0224. The number of ether oxygens (including phenoxy) is 1. The van der Waals surface area contributed by atoms with Crippen molar-refractivity contribution in [2.24, 2.45) is 5.41 Å². The van der Waals surface area contributed by atoms with Gasteiger partial charge in [0.25, 0.3) is 0 Å². The summed E-state index contributed by atoms with van der Waals surface area (Å²) >= 11 is 0. The van der Waals surface area contributed by atoms with E-state index in [1.54, 1.807) is 4.90 Å². The van der Waals surface area contributed by atoms with Crippen LogP contribution in [0.3, 0.4) is 0 Å². The molecule has 1 atom stereocenters. The summed E-state index contributed by atoms with van der Waals surface area (Å²) in [4.78, 5) is 28.1. The zero-order valence-electron chi connectivity index (χ0n) is 14.4. The number of piperidine rings is 1. The highest BCUT2D eigenvalue weighted by Gasteiger charge is 2.49. The highest BCUT2D eigenvalue weighted by Crippen LogP contribution is 2.40. The molecule has 0 unspecified atom stereocenters. The van der Waals surface area contributed by atoms with Crippen LogP contribution in [0.5, 0.6) is 0 Å². The maximum Gasteiger partial charge on any atom is 0.330 e. The van der Waals surface area contributed by atoms with Gasteiger partial charge in [-0.05, 0) is 33.1 Å². The van der Waals surface area contributed by atoms with Crippen LogP contribution in [0.2, 0.25) is 0 Å². The molecule has 0 aromatic rings. The molecule has 2 saturated heterocycles. The van der Waals surface area contributed by atoms with Crippen LogP contribution in [-0.4, -0.2) is 72.9 Å². The number of hydrogen-bond donors (Lipinski definition) is 0. The molecule has 0 N–H and O–H groups in total. The van der Waals surface area contributed by atoms with Crippen molar-refractivity contribution in [3.05, 3.63) is 0 Å². The van der Waals surface area contributed by atoms with Gasteiger partial charge in [-0.2, -0.15) is 8.78 Å². The highest BCUT2D eigenvalue weighted by atomic mass is 19.3. The standard InChI is InChI=1S/C16H24F4N2O3/c1-11(2)22-6-3-4-15(14(22)24)5-7-21(9-15)12(23)8-25-10-16(19,20)13(17)18/h11,13H,3-10H2,1-2H3/t15-/m1/s1. The lowest BCUT2D eigenvalue weighted by molar-refractivity contribution is -0.170. The van der Waals surface area contributed by atoms with Gasteiger partial charge in [0, 0.05) is 25.7 Å². The van der Waals surface area contributed by atoms with E-state index in [2.05, 4.69) is 4.74 Å². The minimum atomic E-state index is -4.27. The number of likely N-dealkylation sites (tertiary alicyclic amines) is 2. The lowest BCUT2D eigenvalue weighted by Crippen LogP contribution is -2.52. The molecule has 0 radical (unpaired) electrons. The van der Waals surface area contributed by atoms with Crippen molar-refractivity contribution in [3.63, 3.8) is 0 Å². The third-order valence-corrected chi connectivity index (χ3v) is 4.94. The second-order valence-corrected chi connectivity index (χ2v) is 7.10. The van der Waals surface area contributed by atoms with Gasteiger partial charge >= 0.3 is 12.3 Å². The van der Waals surface area contributed by atoms with E-state index in [1.165, 1.54) is 4.90 Å². The lowest BCUT2D eigenvalue weighted by Gasteiger charge is -2.41. The first-order chi connectivity index (χ1) is 11.6. The van der Waals surface area contributed by atoms with Gasteiger partial charge in [0.1, 0.15) is 13.2 Å². The Balaban J connectivity index is 1.89. The van der Waals surface area contributed by atoms with Crippen LogP contribution in [-0.2, 0) is 14.3 Å². The Bertz CT molecular complexity index is 516.